The summed E-state index contributed by atoms with van der Waals surface area (Å²) in [4.78, 5) is 10.7. The second-order valence-electron chi connectivity index (χ2n) is 3.57. The Balaban J connectivity index is 2.57. The minimum Gasteiger partial charge on any atom is -0.458 e. The molecule has 0 N–H and O–H groups in total. The fourth-order valence-electron chi connectivity index (χ4n) is 1.48. The van der Waals surface area contributed by atoms with E-state index in [9.17, 15) is 4.79 Å². The molecule has 0 bridgehead atoms. The fraction of sp³-hybridized carbons (Fsp3) is 0.700. The molecule has 3 unspecified atom stereocenters. The highest BCUT2D eigenvalue weighted by Crippen LogP contribution is 2.26. The minimum absolute atomic E-state index is 0.00810. The Kier molecular flexibility index (Phi) is 2.90. The summed E-state index contributed by atoms with van der Waals surface area (Å²) in [5, 5.41) is 0. The molecule has 0 radical (unpaired) electrons. The van der Waals surface area contributed by atoms with Gasteiger partial charge in [-0.2, -0.15) is 0 Å². The van der Waals surface area contributed by atoms with Crippen molar-refractivity contribution in [2.45, 2.75) is 33.3 Å². The number of esters is 1. The minimum atomic E-state index is -0.189. The van der Waals surface area contributed by atoms with Crippen LogP contribution in [0.25, 0.3) is 0 Å². The maximum absolute atomic E-state index is 10.7. The van der Waals surface area contributed by atoms with Crippen LogP contribution in [0.4, 0.5) is 0 Å². The zero-order valence-corrected chi connectivity index (χ0v) is 7.91. The highest BCUT2D eigenvalue weighted by atomic mass is 16.5. The first kappa shape index (κ1) is 9.30. The summed E-state index contributed by atoms with van der Waals surface area (Å²) >= 11 is 0. The summed E-state index contributed by atoms with van der Waals surface area (Å²) in [6, 6.07) is 0. The van der Waals surface area contributed by atoms with Gasteiger partial charge in [-0.15, -0.1) is 0 Å². The van der Waals surface area contributed by atoms with E-state index in [4.69, 9.17) is 4.74 Å². The zero-order chi connectivity index (χ0) is 9.14. The molecule has 0 saturated carbocycles. The Labute approximate surface area is 73.6 Å². The van der Waals surface area contributed by atoms with Gasteiger partial charge < -0.3 is 4.74 Å². The molecule has 2 heteroatoms. The molecule has 0 spiro atoms. The predicted molar refractivity (Wildman–Crippen MR) is 47.6 cm³/mol. The van der Waals surface area contributed by atoms with E-state index in [-0.39, 0.29) is 12.1 Å². The number of carbonyl (C=O) groups is 1. The lowest BCUT2D eigenvalue weighted by Crippen LogP contribution is -2.29. The van der Waals surface area contributed by atoms with Crippen molar-refractivity contribution >= 4 is 5.97 Å². The van der Waals surface area contributed by atoms with Gasteiger partial charge in [0.1, 0.15) is 6.10 Å². The first-order valence-corrected chi connectivity index (χ1v) is 4.45. The predicted octanol–water partition coefficient (Wildman–Crippen LogP) is 2.15. The smallest absolute Gasteiger partial charge is 0.303 e. The Morgan fingerprint density at radius 1 is 1.50 bits per heavy atom. The summed E-state index contributed by atoms with van der Waals surface area (Å²) in [7, 11) is 0. The largest absolute Gasteiger partial charge is 0.458 e. The molecule has 1 aliphatic carbocycles. The van der Waals surface area contributed by atoms with Crippen molar-refractivity contribution in [2.75, 3.05) is 0 Å². The van der Waals surface area contributed by atoms with Crippen LogP contribution in [0.15, 0.2) is 12.2 Å². The van der Waals surface area contributed by atoms with E-state index in [1.54, 1.807) is 0 Å². The summed E-state index contributed by atoms with van der Waals surface area (Å²) < 4.78 is 5.15. The summed E-state index contributed by atoms with van der Waals surface area (Å²) in [5.41, 5.74) is 0. The lowest BCUT2D eigenvalue weighted by Gasteiger charge is -2.29. The molecule has 0 aromatic heterocycles. The van der Waals surface area contributed by atoms with Gasteiger partial charge in [-0.1, -0.05) is 19.9 Å². The maximum atomic E-state index is 10.7. The molecule has 0 saturated heterocycles. The Bertz CT molecular complexity index is 196. The van der Waals surface area contributed by atoms with E-state index >= 15 is 0 Å². The van der Waals surface area contributed by atoms with Gasteiger partial charge in [0.2, 0.25) is 0 Å². The third-order valence-corrected chi connectivity index (χ3v) is 2.55. The molecule has 2 nitrogen and oxygen atoms in total. The lowest BCUT2D eigenvalue weighted by atomic mass is 9.84. The van der Waals surface area contributed by atoms with Crippen molar-refractivity contribution in [1.82, 2.24) is 0 Å². The standard InChI is InChI=1S/C10H16O2/c1-7-5-4-6-10(8(7)2)12-9(3)11/h4,6-8,10H,5H2,1-3H3. The fourth-order valence-corrected chi connectivity index (χ4v) is 1.48. The van der Waals surface area contributed by atoms with Crippen molar-refractivity contribution in [3.63, 3.8) is 0 Å². The van der Waals surface area contributed by atoms with Gasteiger partial charge in [-0.3, -0.25) is 4.79 Å². The monoisotopic (exact) mass is 168 g/mol. The molecule has 0 fully saturated rings. The van der Waals surface area contributed by atoms with Crippen molar-refractivity contribution in [2.24, 2.45) is 11.8 Å². The molecule has 12 heavy (non-hydrogen) atoms. The molecule has 0 amide bonds. The maximum Gasteiger partial charge on any atom is 0.303 e. The molecule has 3 atom stereocenters. The molecular formula is C10H16O2. The molecule has 0 aromatic carbocycles. The molecule has 1 aliphatic rings. The second-order valence-corrected chi connectivity index (χ2v) is 3.57. The van der Waals surface area contributed by atoms with E-state index < -0.39 is 0 Å². The summed E-state index contributed by atoms with van der Waals surface area (Å²) in [6.45, 7) is 5.77. The third kappa shape index (κ3) is 2.10. The molecule has 1 rings (SSSR count). The quantitative estimate of drug-likeness (QED) is 0.443. The van der Waals surface area contributed by atoms with Crippen LogP contribution in [0.3, 0.4) is 0 Å². The van der Waals surface area contributed by atoms with Crippen LogP contribution in [0.5, 0.6) is 0 Å². The molecule has 0 aromatic rings. The number of ether oxygens (including phenoxy) is 1. The van der Waals surface area contributed by atoms with E-state index in [1.165, 1.54) is 6.92 Å². The van der Waals surface area contributed by atoms with E-state index in [2.05, 4.69) is 19.9 Å². The van der Waals surface area contributed by atoms with Crippen LogP contribution in [-0.2, 0) is 9.53 Å². The highest BCUT2D eigenvalue weighted by Gasteiger charge is 2.25. The zero-order valence-electron chi connectivity index (χ0n) is 7.91. The van der Waals surface area contributed by atoms with Crippen LogP contribution < -0.4 is 0 Å². The van der Waals surface area contributed by atoms with Crippen LogP contribution in [0.2, 0.25) is 0 Å². The average molecular weight is 168 g/mol. The van der Waals surface area contributed by atoms with E-state index in [0.29, 0.717) is 11.8 Å². The number of hydrogen-bond donors (Lipinski definition) is 0. The van der Waals surface area contributed by atoms with Gasteiger partial charge in [0.05, 0.1) is 0 Å². The van der Waals surface area contributed by atoms with Crippen LogP contribution in [-0.4, -0.2) is 12.1 Å². The van der Waals surface area contributed by atoms with E-state index in [0.717, 1.165) is 6.42 Å². The van der Waals surface area contributed by atoms with Crippen LogP contribution in [0, 0.1) is 11.8 Å². The van der Waals surface area contributed by atoms with Gasteiger partial charge in [-0.05, 0) is 24.3 Å². The van der Waals surface area contributed by atoms with Crippen molar-refractivity contribution < 1.29 is 9.53 Å². The van der Waals surface area contributed by atoms with Gasteiger partial charge in [0, 0.05) is 6.92 Å². The van der Waals surface area contributed by atoms with Crippen molar-refractivity contribution in [3.05, 3.63) is 12.2 Å². The van der Waals surface area contributed by atoms with Gasteiger partial charge >= 0.3 is 5.97 Å². The highest BCUT2D eigenvalue weighted by molar-refractivity contribution is 5.66. The molecular weight excluding hydrogens is 152 g/mol. The first-order valence-electron chi connectivity index (χ1n) is 4.45. The second kappa shape index (κ2) is 3.74. The van der Waals surface area contributed by atoms with Gasteiger partial charge in [0.15, 0.2) is 0 Å². The number of allylic oxidation sites excluding steroid dienone is 1. The number of rotatable bonds is 1. The third-order valence-electron chi connectivity index (χ3n) is 2.55. The summed E-state index contributed by atoms with van der Waals surface area (Å²) in [5.74, 6) is 0.865. The SMILES string of the molecule is CC(=O)OC1C=CCC(C)C1C. The normalized spacial score (nSPS) is 34.8. The molecule has 0 aliphatic heterocycles. The van der Waals surface area contributed by atoms with Crippen molar-refractivity contribution in [3.8, 4) is 0 Å². The van der Waals surface area contributed by atoms with Gasteiger partial charge in [0.25, 0.3) is 0 Å². The average Bonchev–Trinajstić information content (AvgIpc) is 1.98. The lowest BCUT2D eigenvalue weighted by molar-refractivity contribution is -0.147. The molecule has 68 valence electrons. The van der Waals surface area contributed by atoms with Crippen LogP contribution in [0.1, 0.15) is 27.2 Å². The Morgan fingerprint density at radius 3 is 2.75 bits per heavy atom. The summed E-state index contributed by atoms with van der Waals surface area (Å²) in [6.07, 6.45) is 5.18. The number of carbonyl (C=O) groups excluding carboxylic acids is 1. The van der Waals surface area contributed by atoms with Crippen molar-refractivity contribution in [1.29, 1.82) is 0 Å². The number of hydrogen-bond acceptors (Lipinski definition) is 2. The van der Waals surface area contributed by atoms with E-state index in [1.807, 2.05) is 6.08 Å². The molecule has 0 heterocycles. The van der Waals surface area contributed by atoms with Gasteiger partial charge in [-0.25, -0.2) is 0 Å². The first-order chi connectivity index (χ1) is 5.61. The van der Waals surface area contributed by atoms with Crippen LogP contribution >= 0.6 is 0 Å². The topological polar surface area (TPSA) is 26.3 Å². The Morgan fingerprint density at radius 2 is 2.17 bits per heavy atom. The Hall–Kier alpha value is -0.790.